The molecule has 1 heterocycles. The van der Waals surface area contributed by atoms with Crippen LogP contribution in [0.4, 0.5) is 4.79 Å². The number of aliphatic carboxylic acids is 1. The number of urea groups is 1. The molecule has 5 N–H and O–H groups in total. The van der Waals surface area contributed by atoms with E-state index in [1.807, 2.05) is 0 Å². The third-order valence-corrected chi connectivity index (χ3v) is 3.35. The molecule has 3 amide bonds. The first kappa shape index (κ1) is 16.2. The highest BCUT2D eigenvalue weighted by molar-refractivity contribution is 5.87. The molecule has 0 aromatic heterocycles. The number of aliphatic hydroxyl groups is 1. The minimum Gasteiger partial charge on any atom is -0.480 e. The minimum atomic E-state index is -1.33. The Kier molecular flexibility index (Phi) is 5.32. The maximum absolute atomic E-state index is 12.0. The first-order valence-corrected chi connectivity index (χ1v) is 6.50. The number of nitrogens with two attached hydrogens (primary N) is 1. The molecular weight excluding hydrogens is 266 g/mol. The Morgan fingerprint density at radius 2 is 2.00 bits per heavy atom. The average Bonchev–Trinajstić information content (AvgIpc) is 2.48. The number of carbonyl (C=O) groups is 3. The van der Waals surface area contributed by atoms with Crippen molar-refractivity contribution in [1.29, 1.82) is 0 Å². The number of rotatable bonds is 4. The minimum absolute atomic E-state index is 0.335. The van der Waals surface area contributed by atoms with Gasteiger partial charge in [0.15, 0.2) is 0 Å². The lowest BCUT2D eigenvalue weighted by atomic mass is 9.98. The van der Waals surface area contributed by atoms with E-state index in [0.717, 1.165) is 0 Å². The number of carboxylic acid groups (broad SMARTS) is 1. The number of carboxylic acids is 1. The Balaban J connectivity index is 2.60. The lowest BCUT2D eigenvalue weighted by Gasteiger charge is -2.24. The molecule has 1 saturated heterocycles. The van der Waals surface area contributed by atoms with Crippen molar-refractivity contribution >= 4 is 17.9 Å². The maximum Gasteiger partial charge on any atom is 0.326 e. The van der Waals surface area contributed by atoms with Gasteiger partial charge in [0.05, 0.1) is 12.0 Å². The van der Waals surface area contributed by atoms with Crippen molar-refractivity contribution in [1.82, 2.24) is 10.2 Å². The van der Waals surface area contributed by atoms with Crippen LogP contribution in [0.3, 0.4) is 0 Å². The topological polar surface area (TPSA) is 133 Å². The Labute approximate surface area is 116 Å². The molecule has 2 atom stereocenters. The Morgan fingerprint density at radius 3 is 2.55 bits per heavy atom. The van der Waals surface area contributed by atoms with Crippen molar-refractivity contribution < 1.29 is 24.6 Å². The van der Waals surface area contributed by atoms with Gasteiger partial charge in [-0.3, -0.25) is 4.79 Å². The molecule has 0 bridgehead atoms. The van der Waals surface area contributed by atoms with Crippen LogP contribution in [0.15, 0.2) is 0 Å². The van der Waals surface area contributed by atoms with Crippen LogP contribution in [0.1, 0.15) is 32.6 Å². The fraction of sp³-hybridized carbons (Fsp3) is 0.750. The molecule has 0 saturated carbocycles. The highest BCUT2D eigenvalue weighted by Gasteiger charge is 2.29. The van der Waals surface area contributed by atoms with Gasteiger partial charge in [0.2, 0.25) is 5.91 Å². The smallest absolute Gasteiger partial charge is 0.326 e. The molecule has 0 aliphatic carbocycles. The van der Waals surface area contributed by atoms with Gasteiger partial charge in [0.25, 0.3) is 0 Å². The summed E-state index contributed by atoms with van der Waals surface area (Å²) in [6, 6.07) is -1.89. The van der Waals surface area contributed by atoms with Crippen molar-refractivity contribution in [2.24, 2.45) is 5.73 Å². The third kappa shape index (κ3) is 5.04. The molecular formula is C12H21N3O5. The molecule has 8 heteroatoms. The van der Waals surface area contributed by atoms with E-state index in [9.17, 15) is 19.5 Å². The van der Waals surface area contributed by atoms with Crippen LogP contribution in [0.2, 0.25) is 0 Å². The van der Waals surface area contributed by atoms with Gasteiger partial charge in [-0.05, 0) is 26.2 Å². The summed E-state index contributed by atoms with van der Waals surface area (Å²) >= 11 is 0. The van der Waals surface area contributed by atoms with E-state index in [1.54, 1.807) is 6.92 Å². The maximum atomic E-state index is 12.0. The summed E-state index contributed by atoms with van der Waals surface area (Å²) < 4.78 is 0. The molecule has 0 aromatic carbocycles. The van der Waals surface area contributed by atoms with E-state index in [0.29, 0.717) is 32.4 Å². The number of amides is 3. The lowest BCUT2D eigenvalue weighted by Crippen LogP contribution is -2.49. The fourth-order valence-electron chi connectivity index (χ4n) is 2.11. The van der Waals surface area contributed by atoms with Crippen LogP contribution in [0.25, 0.3) is 0 Å². The predicted molar refractivity (Wildman–Crippen MR) is 69.8 cm³/mol. The number of hydrogen-bond donors (Lipinski definition) is 4. The summed E-state index contributed by atoms with van der Waals surface area (Å²) in [5.74, 6) is -2.10. The molecule has 1 aliphatic heterocycles. The Morgan fingerprint density at radius 1 is 1.35 bits per heavy atom. The molecule has 2 unspecified atom stereocenters. The van der Waals surface area contributed by atoms with Gasteiger partial charge in [0, 0.05) is 13.1 Å². The van der Waals surface area contributed by atoms with Crippen LogP contribution >= 0.6 is 0 Å². The standard InChI is InChI=1S/C12H21N3O5/c1-12(20)3-2-5-15(6-4-12)11(19)14-8(10(17)18)7-9(13)16/h8,20H,2-7H2,1H3,(H2,13,16)(H,14,19)(H,17,18). The molecule has 114 valence electrons. The van der Waals surface area contributed by atoms with Gasteiger partial charge in [-0.15, -0.1) is 0 Å². The molecule has 0 radical (unpaired) electrons. The fourth-order valence-corrected chi connectivity index (χ4v) is 2.11. The van der Waals surface area contributed by atoms with Crippen LogP contribution in [-0.2, 0) is 9.59 Å². The molecule has 1 fully saturated rings. The second kappa shape index (κ2) is 6.56. The summed E-state index contributed by atoms with van der Waals surface area (Å²) in [6.07, 6.45) is 1.19. The normalized spacial score (nSPS) is 24.6. The number of nitrogens with zero attached hydrogens (tertiary/aromatic N) is 1. The molecule has 1 aliphatic rings. The van der Waals surface area contributed by atoms with Gasteiger partial charge >= 0.3 is 12.0 Å². The van der Waals surface area contributed by atoms with E-state index in [4.69, 9.17) is 10.8 Å². The average molecular weight is 287 g/mol. The second-order valence-electron chi connectivity index (χ2n) is 5.35. The zero-order valence-electron chi connectivity index (χ0n) is 11.5. The van der Waals surface area contributed by atoms with Crippen LogP contribution in [0, 0.1) is 0 Å². The van der Waals surface area contributed by atoms with E-state index in [-0.39, 0.29) is 0 Å². The van der Waals surface area contributed by atoms with Crippen molar-refractivity contribution in [3.8, 4) is 0 Å². The highest BCUT2D eigenvalue weighted by Crippen LogP contribution is 2.21. The largest absolute Gasteiger partial charge is 0.480 e. The Bertz CT molecular complexity index is 397. The molecule has 0 spiro atoms. The van der Waals surface area contributed by atoms with Crippen molar-refractivity contribution in [3.63, 3.8) is 0 Å². The quantitative estimate of drug-likeness (QED) is 0.540. The van der Waals surface area contributed by atoms with Crippen LogP contribution < -0.4 is 11.1 Å². The predicted octanol–water partition coefficient (Wildman–Crippen LogP) is -0.738. The molecule has 0 aromatic rings. The summed E-state index contributed by atoms with van der Waals surface area (Å²) in [5.41, 5.74) is 4.13. The molecule has 1 rings (SSSR count). The second-order valence-corrected chi connectivity index (χ2v) is 5.35. The number of primary amides is 1. The van der Waals surface area contributed by atoms with Gasteiger partial charge in [-0.25, -0.2) is 9.59 Å². The van der Waals surface area contributed by atoms with Crippen molar-refractivity contribution in [2.75, 3.05) is 13.1 Å². The van der Waals surface area contributed by atoms with Crippen molar-refractivity contribution in [2.45, 2.75) is 44.2 Å². The highest BCUT2D eigenvalue weighted by atomic mass is 16.4. The SMILES string of the molecule is CC1(O)CCCN(C(=O)NC(CC(N)=O)C(=O)O)CC1. The zero-order valence-corrected chi connectivity index (χ0v) is 11.5. The van der Waals surface area contributed by atoms with E-state index < -0.39 is 36.0 Å². The van der Waals surface area contributed by atoms with Gasteiger partial charge < -0.3 is 26.2 Å². The monoisotopic (exact) mass is 287 g/mol. The summed E-state index contributed by atoms with van der Waals surface area (Å²) in [5, 5.41) is 21.1. The Hall–Kier alpha value is -1.83. The summed E-state index contributed by atoms with van der Waals surface area (Å²) in [7, 11) is 0. The third-order valence-electron chi connectivity index (χ3n) is 3.35. The number of likely N-dealkylation sites (tertiary alicyclic amines) is 1. The van der Waals surface area contributed by atoms with Crippen LogP contribution in [-0.4, -0.2) is 57.8 Å². The van der Waals surface area contributed by atoms with E-state index in [2.05, 4.69) is 5.32 Å². The van der Waals surface area contributed by atoms with Crippen LogP contribution in [0.5, 0.6) is 0 Å². The number of carbonyl (C=O) groups excluding carboxylic acids is 2. The first-order valence-electron chi connectivity index (χ1n) is 6.50. The lowest BCUT2D eigenvalue weighted by molar-refractivity contribution is -0.141. The molecule has 8 nitrogen and oxygen atoms in total. The van der Waals surface area contributed by atoms with Gasteiger partial charge in [0.1, 0.15) is 6.04 Å². The molecule has 20 heavy (non-hydrogen) atoms. The van der Waals surface area contributed by atoms with Crippen molar-refractivity contribution in [3.05, 3.63) is 0 Å². The number of nitrogens with one attached hydrogen (secondary N) is 1. The first-order chi connectivity index (χ1) is 9.21. The zero-order chi connectivity index (χ0) is 15.3. The van der Waals surface area contributed by atoms with Gasteiger partial charge in [-0.1, -0.05) is 0 Å². The van der Waals surface area contributed by atoms with Gasteiger partial charge in [-0.2, -0.15) is 0 Å². The van der Waals surface area contributed by atoms with E-state index in [1.165, 1.54) is 4.90 Å². The number of hydrogen-bond acceptors (Lipinski definition) is 4. The van der Waals surface area contributed by atoms with E-state index >= 15 is 0 Å². The summed E-state index contributed by atoms with van der Waals surface area (Å²) in [4.78, 5) is 35.1. The summed E-state index contributed by atoms with van der Waals surface area (Å²) in [6.45, 7) is 2.48.